The molecule has 0 atom stereocenters. The highest BCUT2D eigenvalue weighted by molar-refractivity contribution is 6.29. The van der Waals surface area contributed by atoms with Gasteiger partial charge in [0.2, 0.25) is 0 Å². The van der Waals surface area contributed by atoms with Gasteiger partial charge in [-0.25, -0.2) is 0 Å². The van der Waals surface area contributed by atoms with E-state index in [-0.39, 0.29) is 10.8 Å². The highest BCUT2D eigenvalue weighted by Crippen LogP contribution is 2.63. The molecule has 0 nitrogen and oxygen atoms in total. The lowest BCUT2D eigenvalue weighted by Crippen LogP contribution is -2.26. The van der Waals surface area contributed by atoms with Crippen molar-refractivity contribution >= 4 is 32.3 Å². The van der Waals surface area contributed by atoms with E-state index in [0.717, 1.165) is 0 Å². The Morgan fingerprint density at radius 2 is 0.804 bits per heavy atom. The summed E-state index contributed by atoms with van der Waals surface area (Å²) in [5, 5.41) is 8.21. The largest absolute Gasteiger partial charge is 0.0726 e. The van der Waals surface area contributed by atoms with Gasteiger partial charge in [0, 0.05) is 5.41 Å². The molecule has 0 saturated carbocycles. The van der Waals surface area contributed by atoms with E-state index in [1.54, 1.807) is 0 Å². The van der Waals surface area contributed by atoms with Gasteiger partial charge in [-0.15, -0.1) is 0 Å². The lowest BCUT2D eigenvalue weighted by molar-refractivity contribution is 0.660. The molecule has 3 aliphatic rings. The van der Waals surface area contributed by atoms with Crippen LogP contribution in [0, 0.1) is 0 Å². The fraction of sp³-hybridized carbons (Fsp3) is 0.0870. The summed E-state index contributed by atoms with van der Waals surface area (Å²) in [5.41, 5.74) is 16.1. The van der Waals surface area contributed by atoms with Crippen LogP contribution in [0.25, 0.3) is 65.7 Å². The molecule has 46 heavy (non-hydrogen) atoms. The van der Waals surface area contributed by atoms with Crippen LogP contribution in [0.4, 0.5) is 0 Å². The first-order valence-corrected chi connectivity index (χ1v) is 16.4. The Hall–Kier alpha value is -5.46. The predicted octanol–water partition coefficient (Wildman–Crippen LogP) is 11.8. The summed E-state index contributed by atoms with van der Waals surface area (Å²) in [6, 6.07) is 55.5. The molecule has 0 unspecified atom stereocenters. The Morgan fingerprint density at radius 1 is 0.326 bits per heavy atom. The molecule has 1 spiro atoms. The van der Waals surface area contributed by atoms with E-state index in [0.29, 0.717) is 0 Å². The fourth-order valence-corrected chi connectivity index (χ4v) is 9.75. The van der Waals surface area contributed by atoms with Crippen molar-refractivity contribution in [3.05, 3.63) is 179 Å². The molecule has 0 bridgehead atoms. The summed E-state index contributed by atoms with van der Waals surface area (Å²) in [7, 11) is 0. The van der Waals surface area contributed by atoms with Crippen molar-refractivity contribution in [1.82, 2.24) is 0 Å². The van der Waals surface area contributed by atoms with Gasteiger partial charge in [-0.3, -0.25) is 0 Å². The molecule has 11 rings (SSSR count). The monoisotopic (exact) mass is 582 g/mol. The second-order valence-electron chi connectivity index (χ2n) is 14.0. The average molecular weight is 583 g/mol. The molecule has 0 heterocycles. The number of rotatable bonds is 1. The van der Waals surface area contributed by atoms with Gasteiger partial charge < -0.3 is 0 Å². The van der Waals surface area contributed by atoms with E-state index in [9.17, 15) is 0 Å². The molecule has 214 valence electrons. The van der Waals surface area contributed by atoms with Crippen LogP contribution in [0.3, 0.4) is 0 Å². The van der Waals surface area contributed by atoms with Crippen LogP contribution in [-0.4, -0.2) is 0 Å². The van der Waals surface area contributed by atoms with Crippen LogP contribution in [-0.2, 0) is 10.8 Å². The third-order valence-electron chi connectivity index (χ3n) is 11.7. The Labute approximate surface area is 268 Å². The first-order valence-electron chi connectivity index (χ1n) is 16.4. The molecule has 3 aliphatic carbocycles. The summed E-state index contributed by atoms with van der Waals surface area (Å²) in [6.07, 6.45) is 0. The fourth-order valence-electron chi connectivity index (χ4n) is 9.75. The minimum absolute atomic E-state index is 0.00459. The topological polar surface area (TPSA) is 0 Å². The molecular weight excluding hydrogens is 553 g/mol. The quantitative estimate of drug-likeness (QED) is 0.169. The maximum atomic E-state index is 2.52. The van der Waals surface area contributed by atoms with E-state index < -0.39 is 0 Å². The molecular formula is C46H30. The normalized spacial score (nSPS) is 15.5. The first-order chi connectivity index (χ1) is 22.6. The smallest absolute Gasteiger partial charge is 0.0619 e. The van der Waals surface area contributed by atoms with E-state index >= 15 is 0 Å². The minimum Gasteiger partial charge on any atom is -0.0619 e. The lowest BCUT2D eigenvalue weighted by atomic mass is 9.70. The van der Waals surface area contributed by atoms with Crippen molar-refractivity contribution in [2.45, 2.75) is 24.7 Å². The number of fused-ring (bicyclic) bond motifs is 13. The minimum atomic E-state index is -0.369. The van der Waals surface area contributed by atoms with Gasteiger partial charge in [0.1, 0.15) is 0 Å². The molecule has 0 radical (unpaired) electrons. The zero-order valence-corrected chi connectivity index (χ0v) is 25.9. The molecule has 0 saturated heterocycles. The van der Waals surface area contributed by atoms with Gasteiger partial charge in [0.25, 0.3) is 0 Å². The third-order valence-corrected chi connectivity index (χ3v) is 11.7. The molecule has 0 fully saturated rings. The average Bonchev–Trinajstić information content (AvgIpc) is 3.67. The van der Waals surface area contributed by atoms with Crippen LogP contribution in [0.1, 0.15) is 47.2 Å². The molecule has 0 heteroatoms. The highest BCUT2D eigenvalue weighted by atomic mass is 14.5. The zero-order chi connectivity index (χ0) is 30.4. The highest BCUT2D eigenvalue weighted by Gasteiger charge is 2.51. The maximum absolute atomic E-state index is 2.52. The number of hydrogen-bond acceptors (Lipinski definition) is 0. The van der Waals surface area contributed by atoms with Gasteiger partial charge in [-0.2, -0.15) is 0 Å². The first kappa shape index (κ1) is 24.8. The Morgan fingerprint density at radius 3 is 1.50 bits per heavy atom. The Bertz CT molecular complexity index is 2580. The van der Waals surface area contributed by atoms with Crippen molar-refractivity contribution in [2.24, 2.45) is 0 Å². The van der Waals surface area contributed by atoms with Gasteiger partial charge in [-0.1, -0.05) is 147 Å². The SMILES string of the molecule is CC1(C)c2ccccc2-c2cc(-c3ccc4c(c3)C3(c5ccccc5-4)c4cccc5c6ccccc6c6cccc3c6c45)ccc21. The van der Waals surface area contributed by atoms with E-state index in [1.165, 1.54) is 99.1 Å². The molecule has 0 aliphatic heterocycles. The summed E-state index contributed by atoms with van der Waals surface area (Å²) in [5.74, 6) is 0. The Kier molecular flexibility index (Phi) is 4.43. The molecule has 8 aromatic carbocycles. The Balaban J connectivity index is 1.23. The van der Waals surface area contributed by atoms with Gasteiger partial charge >= 0.3 is 0 Å². The van der Waals surface area contributed by atoms with Crippen molar-refractivity contribution in [3.63, 3.8) is 0 Å². The van der Waals surface area contributed by atoms with Crippen molar-refractivity contribution in [2.75, 3.05) is 0 Å². The lowest BCUT2D eigenvalue weighted by Gasteiger charge is -2.31. The summed E-state index contributed by atoms with van der Waals surface area (Å²) >= 11 is 0. The van der Waals surface area contributed by atoms with Crippen molar-refractivity contribution in [3.8, 4) is 33.4 Å². The second kappa shape index (κ2) is 8.22. The zero-order valence-electron chi connectivity index (χ0n) is 25.9. The standard InChI is InChI=1S/C46H30/c1-45(2)37-17-7-5-14-32(37)36-25-27(22-24-38(36)45)28-21-23-33-31-13-6-8-18-39(31)46(42(33)26-28)40-19-9-15-34-29-11-3-4-12-30(29)35-16-10-20-41(46)44(35)43(34)40/h3-26H,1-2H3. The third kappa shape index (κ3) is 2.71. The van der Waals surface area contributed by atoms with Crippen LogP contribution < -0.4 is 0 Å². The van der Waals surface area contributed by atoms with Crippen LogP contribution >= 0.6 is 0 Å². The van der Waals surface area contributed by atoms with Gasteiger partial charge in [-0.05, 0) is 111 Å². The van der Waals surface area contributed by atoms with Gasteiger partial charge in [0.15, 0.2) is 0 Å². The van der Waals surface area contributed by atoms with Crippen molar-refractivity contribution < 1.29 is 0 Å². The number of hydrogen-bond donors (Lipinski definition) is 0. The van der Waals surface area contributed by atoms with E-state index in [2.05, 4.69) is 159 Å². The van der Waals surface area contributed by atoms with Gasteiger partial charge in [0.05, 0.1) is 5.41 Å². The van der Waals surface area contributed by atoms with Crippen LogP contribution in [0.5, 0.6) is 0 Å². The van der Waals surface area contributed by atoms with Crippen LogP contribution in [0.15, 0.2) is 146 Å². The van der Waals surface area contributed by atoms with Crippen molar-refractivity contribution in [1.29, 1.82) is 0 Å². The maximum Gasteiger partial charge on any atom is 0.0726 e. The predicted molar refractivity (Wildman–Crippen MR) is 193 cm³/mol. The van der Waals surface area contributed by atoms with Crippen LogP contribution in [0.2, 0.25) is 0 Å². The second-order valence-corrected chi connectivity index (χ2v) is 14.0. The van der Waals surface area contributed by atoms with E-state index in [1.807, 2.05) is 0 Å². The number of benzene rings is 8. The summed E-state index contributed by atoms with van der Waals surface area (Å²) < 4.78 is 0. The summed E-state index contributed by atoms with van der Waals surface area (Å²) in [6.45, 7) is 4.71. The molecule has 8 aromatic rings. The molecule has 0 amide bonds. The van der Waals surface area contributed by atoms with E-state index in [4.69, 9.17) is 0 Å². The summed E-state index contributed by atoms with van der Waals surface area (Å²) in [4.78, 5) is 0. The molecule has 0 aromatic heterocycles. The molecule has 0 N–H and O–H groups in total.